The van der Waals surface area contributed by atoms with Crippen molar-refractivity contribution in [2.24, 2.45) is 0 Å². The fraction of sp³-hybridized carbons (Fsp3) is 0.300. The van der Waals surface area contributed by atoms with Gasteiger partial charge in [-0.25, -0.2) is 0 Å². The summed E-state index contributed by atoms with van der Waals surface area (Å²) in [4.78, 5) is 23.5. The van der Waals surface area contributed by atoms with E-state index in [2.05, 4.69) is 24.5 Å². The van der Waals surface area contributed by atoms with Crippen LogP contribution in [0.1, 0.15) is 47.7 Å². The maximum atomic E-state index is 12.3. The average Bonchev–Trinajstić information content (AvgIpc) is 2.60. The van der Waals surface area contributed by atoms with Gasteiger partial charge in [-0.05, 0) is 47.7 Å². The van der Waals surface area contributed by atoms with E-state index in [4.69, 9.17) is 0 Å². The van der Waals surface area contributed by atoms with Gasteiger partial charge in [0.05, 0.1) is 0 Å². The lowest BCUT2D eigenvalue weighted by atomic mass is 10.0. The summed E-state index contributed by atoms with van der Waals surface area (Å²) in [6.45, 7) is 4.25. The number of amides is 2. The van der Waals surface area contributed by atoms with E-state index in [1.165, 1.54) is 5.56 Å². The molecule has 126 valence electrons. The molecule has 24 heavy (non-hydrogen) atoms. The van der Waals surface area contributed by atoms with Crippen molar-refractivity contribution in [3.63, 3.8) is 0 Å². The van der Waals surface area contributed by atoms with Crippen molar-refractivity contribution >= 4 is 17.5 Å². The maximum Gasteiger partial charge on any atom is 0.255 e. The second kappa shape index (κ2) is 8.29. The van der Waals surface area contributed by atoms with Gasteiger partial charge in [0, 0.05) is 24.7 Å². The molecule has 2 N–H and O–H groups in total. The molecule has 0 aromatic heterocycles. The minimum Gasteiger partial charge on any atom is -0.359 e. The highest BCUT2D eigenvalue weighted by Gasteiger charge is 2.07. The lowest BCUT2D eigenvalue weighted by molar-refractivity contribution is -0.120. The number of hydrogen-bond acceptors (Lipinski definition) is 2. The summed E-state index contributed by atoms with van der Waals surface area (Å²) >= 11 is 0. The van der Waals surface area contributed by atoms with Crippen molar-refractivity contribution in [3.8, 4) is 0 Å². The zero-order valence-electron chi connectivity index (χ0n) is 14.4. The number of aryl methyl sites for hydroxylation is 1. The lowest BCUT2D eigenvalue weighted by Crippen LogP contribution is -2.17. The van der Waals surface area contributed by atoms with Crippen LogP contribution in [0.3, 0.4) is 0 Å². The average molecular weight is 324 g/mol. The highest BCUT2D eigenvalue weighted by atomic mass is 16.2. The summed E-state index contributed by atoms with van der Waals surface area (Å²) < 4.78 is 0. The number of carbonyl (C=O) groups excluding carboxylic acids is 2. The third kappa shape index (κ3) is 4.95. The van der Waals surface area contributed by atoms with Crippen LogP contribution in [0.15, 0.2) is 48.5 Å². The third-order valence-corrected chi connectivity index (χ3v) is 3.97. The van der Waals surface area contributed by atoms with Crippen LogP contribution < -0.4 is 10.6 Å². The van der Waals surface area contributed by atoms with Crippen molar-refractivity contribution in [3.05, 3.63) is 65.2 Å². The predicted molar refractivity (Wildman–Crippen MR) is 97.3 cm³/mol. The van der Waals surface area contributed by atoms with Crippen LogP contribution in [-0.2, 0) is 11.2 Å². The SMILES string of the molecule is CNC(=O)CCc1ccc(NC(=O)c2ccc(C(C)C)cc2)cc1. The summed E-state index contributed by atoms with van der Waals surface area (Å²) in [7, 11) is 1.63. The molecule has 0 bridgehead atoms. The molecule has 0 saturated carbocycles. The van der Waals surface area contributed by atoms with Gasteiger partial charge in [-0.15, -0.1) is 0 Å². The van der Waals surface area contributed by atoms with Crippen LogP contribution in [0.5, 0.6) is 0 Å². The summed E-state index contributed by atoms with van der Waals surface area (Å²) in [6.07, 6.45) is 1.15. The Morgan fingerprint density at radius 3 is 2.12 bits per heavy atom. The van der Waals surface area contributed by atoms with Gasteiger partial charge in [-0.2, -0.15) is 0 Å². The van der Waals surface area contributed by atoms with Gasteiger partial charge in [0.15, 0.2) is 0 Å². The van der Waals surface area contributed by atoms with E-state index in [-0.39, 0.29) is 11.8 Å². The largest absolute Gasteiger partial charge is 0.359 e. The fourth-order valence-corrected chi connectivity index (χ4v) is 2.36. The standard InChI is InChI=1S/C20H24N2O2/c1-14(2)16-7-9-17(10-8-16)20(24)22-18-11-4-15(5-12-18)6-13-19(23)21-3/h4-5,7-12,14H,6,13H2,1-3H3,(H,21,23)(H,22,24). The summed E-state index contributed by atoms with van der Waals surface area (Å²) in [5.41, 5.74) is 3.67. The monoisotopic (exact) mass is 324 g/mol. The Morgan fingerprint density at radius 1 is 0.958 bits per heavy atom. The minimum atomic E-state index is -0.122. The molecule has 0 atom stereocenters. The highest BCUT2D eigenvalue weighted by Crippen LogP contribution is 2.16. The second-order valence-electron chi connectivity index (χ2n) is 6.10. The first-order chi connectivity index (χ1) is 11.5. The minimum absolute atomic E-state index is 0.0252. The molecule has 4 nitrogen and oxygen atoms in total. The van der Waals surface area contributed by atoms with E-state index < -0.39 is 0 Å². The summed E-state index contributed by atoms with van der Waals surface area (Å²) in [6, 6.07) is 15.3. The summed E-state index contributed by atoms with van der Waals surface area (Å²) in [5, 5.41) is 5.50. The Kier molecular flexibility index (Phi) is 6.13. The Bertz CT molecular complexity index is 689. The molecule has 0 fully saturated rings. The van der Waals surface area contributed by atoms with E-state index in [1.54, 1.807) is 7.05 Å². The Morgan fingerprint density at radius 2 is 1.58 bits per heavy atom. The van der Waals surface area contributed by atoms with Crippen LogP contribution >= 0.6 is 0 Å². The van der Waals surface area contributed by atoms with Crippen LogP contribution in [0.2, 0.25) is 0 Å². The van der Waals surface area contributed by atoms with Gasteiger partial charge in [-0.1, -0.05) is 38.1 Å². The van der Waals surface area contributed by atoms with Gasteiger partial charge >= 0.3 is 0 Å². The van der Waals surface area contributed by atoms with Crippen LogP contribution in [-0.4, -0.2) is 18.9 Å². The molecular weight excluding hydrogens is 300 g/mol. The van der Waals surface area contributed by atoms with Crippen molar-refractivity contribution in [1.29, 1.82) is 0 Å². The van der Waals surface area contributed by atoms with E-state index in [0.29, 0.717) is 24.3 Å². The smallest absolute Gasteiger partial charge is 0.255 e. The van der Waals surface area contributed by atoms with Gasteiger partial charge in [0.25, 0.3) is 5.91 Å². The number of anilines is 1. The first-order valence-electron chi connectivity index (χ1n) is 8.20. The number of carbonyl (C=O) groups is 2. The molecule has 0 saturated heterocycles. The number of hydrogen-bond donors (Lipinski definition) is 2. The summed E-state index contributed by atoms with van der Waals surface area (Å²) in [5.74, 6) is 0.352. The Balaban J connectivity index is 1.95. The first-order valence-corrected chi connectivity index (χ1v) is 8.20. The second-order valence-corrected chi connectivity index (χ2v) is 6.10. The number of rotatable bonds is 6. The first kappa shape index (κ1) is 17.7. The zero-order chi connectivity index (χ0) is 17.5. The molecule has 0 unspecified atom stereocenters. The molecule has 0 aliphatic heterocycles. The highest BCUT2D eigenvalue weighted by molar-refractivity contribution is 6.04. The molecule has 0 aliphatic carbocycles. The van der Waals surface area contributed by atoms with Crippen LogP contribution in [0.25, 0.3) is 0 Å². The van der Waals surface area contributed by atoms with Crippen molar-refractivity contribution in [2.75, 3.05) is 12.4 Å². The van der Waals surface area contributed by atoms with Crippen molar-refractivity contribution in [2.45, 2.75) is 32.6 Å². The van der Waals surface area contributed by atoms with Gasteiger partial charge < -0.3 is 10.6 Å². The van der Waals surface area contributed by atoms with E-state index in [9.17, 15) is 9.59 Å². The topological polar surface area (TPSA) is 58.2 Å². The van der Waals surface area contributed by atoms with Crippen molar-refractivity contribution < 1.29 is 9.59 Å². The molecule has 2 aromatic carbocycles. The normalized spacial score (nSPS) is 10.5. The van der Waals surface area contributed by atoms with E-state index in [1.807, 2.05) is 48.5 Å². The number of benzene rings is 2. The van der Waals surface area contributed by atoms with Crippen LogP contribution in [0.4, 0.5) is 5.69 Å². The number of nitrogens with one attached hydrogen (secondary N) is 2. The molecule has 0 radical (unpaired) electrons. The van der Waals surface area contributed by atoms with Gasteiger partial charge in [0.2, 0.25) is 5.91 Å². The van der Waals surface area contributed by atoms with Gasteiger partial charge in [0.1, 0.15) is 0 Å². The molecule has 0 aliphatic rings. The fourth-order valence-electron chi connectivity index (χ4n) is 2.36. The zero-order valence-corrected chi connectivity index (χ0v) is 14.4. The quantitative estimate of drug-likeness (QED) is 0.850. The molecular formula is C20H24N2O2. The van der Waals surface area contributed by atoms with Crippen molar-refractivity contribution in [1.82, 2.24) is 5.32 Å². The molecule has 4 heteroatoms. The predicted octanol–water partition coefficient (Wildman–Crippen LogP) is 3.74. The van der Waals surface area contributed by atoms with E-state index >= 15 is 0 Å². The molecule has 2 rings (SSSR count). The molecule has 0 spiro atoms. The maximum absolute atomic E-state index is 12.3. The van der Waals surface area contributed by atoms with E-state index in [0.717, 1.165) is 11.3 Å². The Hall–Kier alpha value is -2.62. The van der Waals surface area contributed by atoms with Gasteiger partial charge in [-0.3, -0.25) is 9.59 Å². The van der Waals surface area contributed by atoms with Crippen LogP contribution in [0, 0.1) is 0 Å². The molecule has 0 heterocycles. The molecule has 2 aromatic rings. The Labute approximate surface area is 143 Å². The molecule has 2 amide bonds. The third-order valence-electron chi connectivity index (χ3n) is 3.97. The lowest BCUT2D eigenvalue weighted by Gasteiger charge is -2.09.